The standard InChI is InChI=1S/C10H7ClF3N3OS/c1-5-16-8(18-17-5)4-19-9-7(11)2-6(3-15-9)10(12,13)14/h2-3H,4H2,1H3. The van der Waals surface area contributed by atoms with Gasteiger partial charge in [0, 0.05) is 6.20 Å². The fourth-order valence-corrected chi connectivity index (χ4v) is 2.25. The molecule has 0 aliphatic rings. The molecule has 9 heteroatoms. The molecule has 2 aromatic heterocycles. The van der Waals surface area contributed by atoms with E-state index in [-0.39, 0.29) is 10.0 Å². The van der Waals surface area contributed by atoms with Crippen LogP contribution < -0.4 is 0 Å². The van der Waals surface area contributed by atoms with Crippen molar-refractivity contribution in [3.05, 3.63) is 34.6 Å². The molecule has 0 aromatic carbocycles. The van der Waals surface area contributed by atoms with Crippen LogP contribution in [0, 0.1) is 6.92 Å². The first-order valence-corrected chi connectivity index (χ1v) is 6.37. The lowest BCUT2D eigenvalue weighted by molar-refractivity contribution is -0.137. The molecule has 0 aliphatic carbocycles. The molecule has 2 heterocycles. The Labute approximate surface area is 115 Å². The minimum Gasteiger partial charge on any atom is -0.338 e. The lowest BCUT2D eigenvalue weighted by atomic mass is 10.3. The second-order valence-electron chi connectivity index (χ2n) is 3.53. The van der Waals surface area contributed by atoms with Crippen molar-refractivity contribution in [2.24, 2.45) is 0 Å². The van der Waals surface area contributed by atoms with E-state index in [2.05, 4.69) is 15.1 Å². The lowest BCUT2D eigenvalue weighted by Gasteiger charge is -2.08. The third kappa shape index (κ3) is 3.60. The van der Waals surface area contributed by atoms with Gasteiger partial charge in [-0.2, -0.15) is 18.2 Å². The summed E-state index contributed by atoms with van der Waals surface area (Å²) in [6.07, 6.45) is -3.71. The normalized spacial score (nSPS) is 11.8. The summed E-state index contributed by atoms with van der Waals surface area (Å²) in [5.74, 6) is 1.14. The van der Waals surface area contributed by atoms with Gasteiger partial charge in [0.1, 0.15) is 5.03 Å². The third-order valence-corrected chi connectivity index (χ3v) is 3.43. The monoisotopic (exact) mass is 309 g/mol. The summed E-state index contributed by atoms with van der Waals surface area (Å²) in [4.78, 5) is 7.65. The van der Waals surface area contributed by atoms with E-state index in [0.717, 1.165) is 24.0 Å². The van der Waals surface area contributed by atoms with Crippen LogP contribution in [-0.4, -0.2) is 15.1 Å². The average Bonchev–Trinajstić information content (AvgIpc) is 2.72. The maximum absolute atomic E-state index is 12.4. The van der Waals surface area contributed by atoms with Gasteiger partial charge in [0.15, 0.2) is 5.82 Å². The van der Waals surface area contributed by atoms with E-state index in [1.165, 1.54) is 0 Å². The van der Waals surface area contributed by atoms with Gasteiger partial charge in [-0.25, -0.2) is 4.98 Å². The summed E-state index contributed by atoms with van der Waals surface area (Å²) in [6.45, 7) is 1.67. The van der Waals surface area contributed by atoms with Gasteiger partial charge in [0.05, 0.1) is 16.3 Å². The molecular formula is C10H7ClF3N3OS. The minimum atomic E-state index is -4.45. The number of rotatable bonds is 3. The molecule has 0 unspecified atom stereocenters. The largest absolute Gasteiger partial charge is 0.417 e. The molecule has 0 atom stereocenters. The Balaban J connectivity index is 2.09. The van der Waals surface area contributed by atoms with Crippen molar-refractivity contribution < 1.29 is 17.7 Å². The predicted molar refractivity (Wildman–Crippen MR) is 62.8 cm³/mol. The van der Waals surface area contributed by atoms with Crippen molar-refractivity contribution in [2.75, 3.05) is 0 Å². The third-order valence-electron chi connectivity index (χ3n) is 2.04. The van der Waals surface area contributed by atoms with E-state index in [1.807, 2.05) is 0 Å². The number of pyridine rings is 1. The zero-order valence-electron chi connectivity index (χ0n) is 9.53. The van der Waals surface area contributed by atoms with Gasteiger partial charge in [0.2, 0.25) is 5.89 Å². The number of aromatic nitrogens is 3. The van der Waals surface area contributed by atoms with Gasteiger partial charge in [0.25, 0.3) is 0 Å². The van der Waals surface area contributed by atoms with E-state index in [1.54, 1.807) is 6.92 Å². The average molecular weight is 310 g/mol. The van der Waals surface area contributed by atoms with Crippen molar-refractivity contribution in [2.45, 2.75) is 23.9 Å². The van der Waals surface area contributed by atoms with E-state index < -0.39 is 11.7 Å². The van der Waals surface area contributed by atoms with Crippen LogP contribution in [0.3, 0.4) is 0 Å². The lowest BCUT2D eigenvalue weighted by Crippen LogP contribution is -2.05. The second kappa shape index (κ2) is 5.38. The Morgan fingerprint density at radius 1 is 1.42 bits per heavy atom. The molecule has 102 valence electrons. The van der Waals surface area contributed by atoms with Crippen LogP contribution in [-0.2, 0) is 11.9 Å². The van der Waals surface area contributed by atoms with Gasteiger partial charge in [-0.05, 0) is 13.0 Å². The topological polar surface area (TPSA) is 51.8 Å². The molecule has 0 N–H and O–H groups in total. The smallest absolute Gasteiger partial charge is 0.338 e. The van der Waals surface area contributed by atoms with E-state index in [4.69, 9.17) is 16.1 Å². The van der Waals surface area contributed by atoms with Crippen LogP contribution in [0.2, 0.25) is 5.02 Å². The molecule has 2 aromatic rings. The maximum atomic E-state index is 12.4. The first kappa shape index (κ1) is 14.1. The summed E-state index contributed by atoms with van der Waals surface area (Å²) in [5, 5.41) is 3.82. The van der Waals surface area contributed by atoms with Crippen LogP contribution in [0.4, 0.5) is 13.2 Å². The Kier molecular flexibility index (Phi) is 4.00. The molecule has 0 aliphatic heterocycles. The maximum Gasteiger partial charge on any atom is 0.417 e. The summed E-state index contributed by atoms with van der Waals surface area (Å²) < 4.78 is 42.1. The minimum absolute atomic E-state index is 0.0592. The number of aryl methyl sites for hydroxylation is 1. The van der Waals surface area contributed by atoms with Gasteiger partial charge in [-0.3, -0.25) is 0 Å². The van der Waals surface area contributed by atoms with Gasteiger partial charge >= 0.3 is 6.18 Å². The van der Waals surface area contributed by atoms with Crippen LogP contribution in [0.15, 0.2) is 21.8 Å². The zero-order valence-corrected chi connectivity index (χ0v) is 11.1. The van der Waals surface area contributed by atoms with Gasteiger partial charge in [-0.15, -0.1) is 0 Å². The van der Waals surface area contributed by atoms with Crippen LogP contribution in [0.1, 0.15) is 17.3 Å². The van der Waals surface area contributed by atoms with E-state index in [9.17, 15) is 13.2 Å². The number of alkyl halides is 3. The Bertz CT molecular complexity index is 588. The molecule has 0 spiro atoms. The molecule has 0 bridgehead atoms. The molecule has 0 saturated heterocycles. The fourth-order valence-electron chi connectivity index (χ4n) is 1.22. The number of nitrogens with zero attached hydrogens (tertiary/aromatic N) is 3. The molecular weight excluding hydrogens is 303 g/mol. The molecule has 0 fully saturated rings. The highest BCUT2D eigenvalue weighted by molar-refractivity contribution is 7.98. The molecule has 0 saturated carbocycles. The highest BCUT2D eigenvalue weighted by Gasteiger charge is 2.31. The fraction of sp³-hybridized carbons (Fsp3) is 0.300. The molecule has 0 radical (unpaired) electrons. The summed E-state index contributed by atoms with van der Waals surface area (Å²) in [5.41, 5.74) is -0.879. The van der Waals surface area contributed by atoms with Crippen molar-refractivity contribution in [1.29, 1.82) is 0 Å². The quantitative estimate of drug-likeness (QED) is 0.808. The van der Waals surface area contributed by atoms with E-state index in [0.29, 0.717) is 17.5 Å². The highest BCUT2D eigenvalue weighted by Crippen LogP contribution is 2.34. The van der Waals surface area contributed by atoms with Gasteiger partial charge < -0.3 is 4.52 Å². The summed E-state index contributed by atoms with van der Waals surface area (Å²) >= 11 is 6.88. The SMILES string of the molecule is Cc1noc(CSc2ncc(C(F)(F)F)cc2Cl)n1. The molecule has 4 nitrogen and oxygen atoms in total. The highest BCUT2D eigenvalue weighted by atomic mass is 35.5. The van der Waals surface area contributed by atoms with Crippen molar-refractivity contribution >= 4 is 23.4 Å². The van der Waals surface area contributed by atoms with Crippen molar-refractivity contribution in [1.82, 2.24) is 15.1 Å². The van der Waals surface area contributed by atoms with Crippen LogP contribution in [0.25, 0.3) is 0 Å². The zero-order chi connectivity index (χ0) is 14.0. The Morgan fingerprint density at radius 3 is 2.68 bits per heavy atom. The second-order valence-corrected chi connectivity index (χ2v) is 4.90. The van der Waals surface area contributed by atoms with E-state index >= 15 is 0 Å². The molecule has 19 heavy (non-hydrogen) atoms. The number of hydrogen-bond acceptors (Lipinski definition) is 5. The van der Waals surface area contributed by atoms with Crippen molar-refractivity contribution in [3.63, 3.8) is 0 Å². The Hall–Kier alpha value is -1.28. The number of hydrogen-bond donors (Lipinski definition) is 0. The first-order valence-electron chi connectivity index (χ1n) is 5.01. The molecule has 2 rings (SSSR count). The van der Waals surface area contributed by atoms with Crippen LogP contribution >= 0.6 is 23.4 Å². The summed E-state index contributed by atoms with van der Waals surface area (Å²) in [7, 11) is 0. The Morgan fingerprint density at radius 2 is 2.16 bits per heavy atom. The summed E-state index contributed by atoms with van der Waals surface area (Å²) in [6, 6.07) is 0.843. The number of halogens is 4. The molecule has 0 amide bonds. The van der Waals surface area contributed by atoms with Gasteiger partial charge in [-0.1, -0.05) is 28.5 Å². The van der Waals surface area contributed by atoms with Crippen molar-refractivity contribution in [3.8, 4) is 0 Å². The number of thioether (sulfide) groups is 1. The van der Waals surface area contributed by atoms with Crippen LogP contribution in [0.5, 0.6) is 0 Å². The predicted octanol–water partition coefficient (Wildman–Crippen LogP) is 3.74. The first-order chi connectivity index (χ1) is 8.86.